The number of nitrogens with one attached hydrogen (secondary N) is 1. The summed E-state index contributed by atoms with van der Waals surface area (Å²) in [6.07, 6.45) is 2.04. The van der Waals surface area contributed by atoms with Gasteiger partial charge in [-0.1, -0.05) is 0 Å². The van der Waals surface area contributed by atoms with Gasteiger partial charge in [0.25, 0.3) is 0 Å². The minimum absolute atomic E-state index is 0.143. The second kappa shape index (κ2) is 4.57. The molecule has 1 aliphatic rings. The van der Waals surface area contributed by atoms with Gasteiger partial charge in [-0.05, 0) is 25.0 Å². The van der Waals surface area contributed by atoms with Gasteiger partial charge in [0.2, 0.25) is 5.91 Å². The van der Waals surface area contributed by atoms with Gasteiger partial charge in [0.15, 0.2) is 0 Å². The summed E-state index contributed by atoms with van der Waals surface area (Å²) >= 11 is 0. The highest BCUT2D eigenvalue weighted by molar-refractivity contribution is 5.81. The van der Waals surface area contributed by atoms with E-state index in [-0.39, 0.29) is 11.8 Å². The van der Waals surface area contributed by atoms with Crippen molar-refractivity contribution in [1.29, 1.82) is 0 Å². The molecule has 2 aromatic rings. The summed E-state index contributed by atoms with van der Waals surface area (Å²) in [6.45, 7) is 0.475. The molecule has 0 spiro atoms. The number of aryl methyl sites for hydroxylation is 1. The molecule has 0 radical (unpaired) electrons. The van der Waals surface area contributed by atoms with E-state index in [2.05, 4.69) is 10.3 Å². The van der Waals surface area contributed by atoms with Gasteiger partial charge in [-0.15, -0.1) is 0 Å². The van der Waals surface area contributed by atoms with Crippen molar-refractivity contribution in [3.63, 3.8) is 0 Å². The highest BCUT2D eigenvalue weighted by atomic mass is 16.5. The SMILES string of the molecule is COc1ccc2c(c1)nc(CNC(=O)C1CC1)n2C. The molecule has 1 fully saturated rings. The summed E-state index contributed by atoms with van der Waals surface area (Å²) in [5.74, 6) is 2.02. The van der Waals surface area contributed by atoms with Crippen molar-refractivity contribution < 1.29 is 9.53 Å². The van der Waals surface area contributed by atoms with Crippen LogP contribution in [0.3, 0.4) is 0 Å². The quantitative estimate of drug-likeness (QED) is 0.907. The average Bonchev–Trinajstić information content (AvgIpc) is 3.22. The van der Waals surface area contributed by atoms with E-state index in [1.165, 1.54) is 0 Å². The minimum atomic E-state index is 0.143. The topological polar surface area (TPSA) is 56.1 Å². The average molecular weight is 259 g/mol. The normalized spacial score (nSPS) is 14.6. The van der Waals surface area contributed by atoms with Gasteiger partial charge in [0.1, 0.15) is 11.6 Å². The van der Waals surface area contributed by atoms with Crippen LogP contribution in [-0.4, -0.2) is 22.6 Å². The third-order valence-corrected chi connectivity index (χ3v) is 3.55. The number of methoxy groups -OCH3 is 1. The van der Waals surface area contributed by atoms with E-state index >= 15 is 0 Å². The van der Waals surface area contributed by atoms with Gasteiger partial charge in [-0.25, -0.2) is 4.98 Å². The Kier molecular flexibility index (Phi) is 2.89. The molecule has 3 rings (SSSR count). The van der Waals surface area contributed by atoms with E-state index < -0.39 is 0 Å². The molecule has 1 amide bonds. The summed E-state index contributed by atoms with van der Waals surface area (Å²) < 4.78 is 7.19. The molecular formula is C14H17N3O2. The standard InChI is InChI=1S/C14H17N3O2/c1-17-12-6-5-10(19-2)7-11(12)16-13(17)8-15-14(18)9-3-4-9/h5-7,9H,3-4,8H2,1-2H3,(H,15,18). The Balaban J connectivity index is 1.82. The Morgan fingerprint density at radius 1 is 1.53 bits per heavy atom. The second-order valence-electron chi connectivity index (χ2n) is 4.93. The van der Waals surface area contributed by atoms with Gasteiger partial charge in [-0.3, -0.25) is 4.79 Å². The predicted molar refractivity (Wildman–Crippen MR) is 71.8 cm³/mol. The fraction of sp³-hybridized carbons (Fsp3) is 0.429. The van der Waals surface area contributed by atoms with Crippen LogP contribution in [0.2, 0.25) is 0 Å². The van der Waals surface area contributed by atoms with Gasteiger partial charge in [-0.2, -0.15) is 0 Å². The molecule has 1 saturated carbocycles. The second-order valence-corrected chi connectivity index (χ2v) is 4.93. The lowest BCUT2D eigenvalue weighted by Gasteiger charge is -2.04. The van der Waals surface area contributed by atoms with Crippen molar-refractivity contribution >= 4 is 16.9 Å². The summed E-state index contributed by atoms with van der Waals surface area (Å²) in [4.78, 5) is 16.2. The molecule has 1 heterocycles. The lowest BCUT2D eigenvalue weighted by molar-refractivity contribution is -0.122. The fourth-order valence-electron chi connectivity index (χ4n) is 2.17. The van der Waals surface area contributed by atoms with Crippen LogP contribution >= 0.6 is 0 Å². The molecule has 0 saturated heterocycles. The maximum atomic E-state index is 11.6. The highest BCUT2D eigenvalue weighted by Crippen LogP contribution is 2.29. The number of ether oxygens (including phenoxy) is 1. The van der Waals surface area contributed by atoms with E-state index in [1.54, 1.807) is 7.11 Å². The number of hydrogen-bond acceptors (Lipinski definition) is 3. The first kappa shape index (κ1) is 12.0. The smallest absolute Gasteiger partial charge is 0.223 e. The number of aromatic nitrogens is 2. The zero-order valence-electron chi connectivity index (χ0n) is 11.1. The number of fused-ring (bicyclic) bond motifs is 1. The lowest BCUT2D eigenvalue weighted by Crippen LogP contribution is -2.25. The number of benzene rings is 1. The zero-order valence-corrected chi connectivity index (χ0v) is 11.1. The molecule has 5 heteroatoms. The van der Waals surface area contributed by atoms with Gasteiger partial charge >= 0.3 is 0 Å². The highest BCUT2D eigenvalue weighted by Gasteiger charge is 2.29. The van der Waals surface area contributed by atoms with Crippen molar-refractivity contribution in [2.75, 3.05) is 7.11 Å². The van der Waals surface area contributed by atoms with Crippen LogP contribution in [0.25, 0.3) is 11.0 Å². The Hall–Kier alpha value is -2.04. The van der Waals surface area contributed by atoms with Crippen molar-refractivity contribution in [3.05, 3.63) is 24.0 Å². The van der Waals surface area contributed by atoms with E-state index in [4.69, 9.17) is 4.74 Å². The number of imidazole rings is 1. The van der Waals surface area contributed by atoms with Gasteiger partial charge in [0, 0.05) is 19.0 Å². The third-order valence-electron chi connectivity index (χ3n) is 3.55. The monoisotopic (exact) mass is 259 g/mol. The van der Waals surface area contributed by atoms with E-state index in [0.29, 0.717) is 6.54 Å². The Bertz CT molecular complexity index is 629. The van der Waals surface area contributed by atoms with E-state index in [0.717, 1.165) is 35.4 Å². The van der Waals surface area contributed by atoms with E-state index in [1.807, 2.05) is 29.8 Å². The Labute approximate surface area is 111 Å². The zero-order chi connectivity index (χ0) is 13.4. The van der Waals surface area contributed by atoms with Crippen LogP contribution in [0.15, 0.2) is 18.2 Å². The van der Waals surface area contributed by atoms with Crippen LogP contribution in [0.5, 0.6) is 5.75 Å². The molecule has 100 valence electrons. The molecule has 1 aromatic heterocycles. The first-order chi connectivity index (χ1) is 9.19. The summed E-state index contributed by atoms with van der Waals surface area (Å²) in [7, 11) is 3.60. The number of hydrogen-bond donors (Lipinski definition) is 1. The maximum Gasteiger partial charge on any atom is 0.223 e. The van der Waals surface area contributed by atoms with Crippen LogP contribution in [-0.2, 0) is 18.4 Å². The first-order valence-corrected chi connectivity index (χ1v) is 6.46. The summed E-state index contributed by atoms with van der Waals surface area (Å²) in [6, 6.07) is 5.80. The first-order valence-electron chi connectivity index (χ1n) is 6.46. The van der Waals surface area contributed by atoms with Crippen LogP contribution in [0, 0.1) is 5.92 Å². The summed E-state index contributed by atoms with van der Waals surface area (Å²) in [5.41, 5.74) is 1.92. The molecular weight excluding hydrogens is 242 g/mol. The molecule has 1 aromatic carbocycles. The van der Waals surface area contributed by atoms with Crippen molar-refractivity contribution in [3.8, 4) is 5.75 Å². The van der Waals surface area contributed by atoms with Crippen LogP contribution < -0.4 is 10.1 Å². The molecule has 1 aliphatic carbocycles. The summed E-state index contributed by atoms with van der Waals surface area (Å²) in [5, 5.41) is 2.94. The number of amides is 1. The molecule has 0 unspecified atom stereocenters. The van der Waals surface area contributed by atoms with Crippen molar-refractivity contribution in [2.45, 2.75) is 19.4 Å². The molecule has 5 nitrogen and oxygen atoms in total. The number of rotatable bonds is 4. The van der Waals surface area contributed by atoms with Crippen molar-refractivity contribution in [2.24, 2.45) is 13.0 Å². The third kappa shape index (κ3) is 2.28. The Morgan fingerprint density at radius 2 is 2.32 bits per heavy atom. The van der Waals surface area contributed by atoms with Crippen molar-refractivity contribution in [1.82, 2.24) is 14.9 Å². The van der Waals surface area contributed by atoms with Crippen LogP contribution in [0.1, 0.15) is 18.7 Å². The number of carbonyl (C=O) groups excluding carboxylic acids is 1. The van der Waals surface area contributed by atoms with Crippen LogP contribution in [0.4, 0.5) is 0 Å². The maximum absolute atomic E-state index is 11.6. The van der Waals surface area contributed by atoms with Gasteiger partial charge in [0.05, 0.1) is 24.7 Å². The fourth-order valence-corrected chi connectivity index (χ4v) is 2.17. The lowest BCUT2D eigenvalue weighted by atomic mass is 10.3. The predicted octanol–water partition coefficient (Wildman–Crippen LogP) is 1.61. The number of nitrogens with zero attached hydrogens (tertiary/aromatic N) is 2. The van der Waals surface area contributed by atoms with Gasteiger partial charge < -0.3 is 14.6 Å². The van der Waals surface area contributed by atoms with E-state index in [9.17, 15) is 4.79 Å². The number of carbonyl (C=O) groups is 1. The molecule has 19 heavy (non-hydrogen) atoms. The molecule has 0 bridgehead atoms. The molecule has 0 aliphatic heterocycles. The Morgan fingerprint density at radius 3 is 3.00 bits per heavy atom. The molecule has 0 atom stereocenters. The molecule has 1 N–H and O–H groups in total. The largest absolute Gasteiger partial charge is 0.497 e. The minimum Gasteiger partial charge on any atom is -0.497 e.